The van der Waals surface area contributed by atoms with Gasteiger partial charge < -0.3 is 5.11 Å². The van der Waals surface area contributed by atoms with Gasteiger partial charge in [-0.1, -0.05) is 18.2 Å². The number of aliphatic hydroxyl groups excluding tert-OH is 1. The third-order valence-corrected chi connectivity index (χ3v) is 4.47. The normalized spacial score (nSPS) is 12.7. The molecule has 0 spiro atoms. The Kier molecular flexibility index (Phi) is 3.69. The Morgan fingerprint density at radius 2 is 2.00 bits per heavy atom. The fourth-order valence-electron chi connectivity index (χ4n) is 1.70. The van der Waals surface area contributed by atoms with Crippen LogP contribution in [0.2, 0.25) is 0 Å². The van der Waals surface area contributed by atoms with Crippen molar-refractivity contribution < 1.29 is 5.11 Å². The molecule has 1 nitrogen and oxygen atoms in total. The second kappa shape index (κ2) is 5.04. The van der Waals surface area contributed by atoms with E-state index in [1.807, 2.05) is 48.9 Å². The molecule has 1 atom stereocenters. The number of hydrogen-bond donors (Lipinski definition) is 1. The van der Waals surface area contributed by atoms with Crippen LogP contribution in [-0.4, -0.2) is 11.4 Å². The van der Waals surface area contributed by atoms with E-state index in [9.17, 15) is 5.11 Å². The third-order valence-electron chi connectivity index (χ3n) is 2.58. The molecule has 2 rings (SSSR count). The van der Waals surface area contributed by atoms with Gasteiger partial charge >= 0.3 is 0 Å². The van der Waals surface area contributed by atoms with Crippen molar-refractivity contribution in [3.05, 3.63) is 51.7 Å². The van der Waals surface area contributed by atoms with Crippen molar-refractivity contribution in [3.8, 4) is 0 Å². The highest BCUT2D eigenvalue weighted by atomic mass is 32.2. The van der Waals surface area contributed by atoms with Gasteiger partial charge in [0.25, 0.3) is 0 Å². The minimum atomic E-state index is -0.497. The molecule has 0 radical (unpaired) electrons. The van der Waals surface area contributed by atoms with E-state index >= 15 is 0 Å². The van der Waals surface area contributed by atoms with Crippen molar-refractivity contribution in [3.63, 3.8) is 0 Å². The number of aryl methyl sites for hydroxylation is 1. The van der Waals surface area contributed by atoms with Crippen LogP contribution in [0.5, 0.6) is 0 Å². The summed E-state index contributed by atoms with van der Waals surface area (Å²) < 4.78 is 0. The number of rotatable bonds is 3. The predicted molar refractivity (Wildman–Crippen MR) is 71.3 cm³/mol. The van der Waals surface area contributed by atoms with E-state index in [2.05, 4.69) is 0 Å². The topological polar surface area (TPSA) is 20.2 Å². The van der Waals surface area contributed by atoms with Gasteiger partial charge in [0, 0.05) is 9.77 Å². The van der Waals surface area contributed by atoms with Gasteiger partial charge in [0.15, 0.2) is 0 Å². The van der Waals surface area contributed by atoms with Crippen molar-refractivity contribution in [1.82, 2.24) is 0 Å². The summed E-state index contributed by atoms with van der Waals surface area (Å²) in [6.45, 7) is 2.04. The molecular formula is C13H14OS2. The minimum Gasteiger partial charge on any atom is -0.383 e. The van der Waals surface area contributed by atoms with Gasteiger partial charge in [-0.3, -0.25) is 0 Å². The predicted octanol–water partition coefficient (Wildman–Crippen LogP) is 3.86. The van der Waals surface area contributed by atoms with Crippen LogP contribution in [0, 0.1) is 6.92 Å². The summed E-state index contributed by atoms with van der Waals surface area (Å²) in [5.74, 6) is 0. The van der Waals surface area contributed by atoms with Crippen LogP contribution in [0.1, 0.15) is 22.1 Å². The van der Waals surface area contributed by atoms with Crippen molar-refractivity contribution >= 4 is 23.1 Å². The number of hydrogen-bond acceptors (Lipinski definition) is 3. The Labute approximate surface area is 104 Å². The highest BCUT2D eigenvalue weighted by Gasteiger charge is 2.16. The summed E-state index contributed by atoms with van der Waals surface area (Å²) in [5.41, 5.74) is 2.16. The van der Waals surface area contributed by atoms with Crippen molar-refractivity contribution in [2.24, 2.45) is 0 Å². The molecule has 0 saturated heterocycles. The van der Waals surface area contributed by atoms with Gasteiger partial charge in [-0.25, -0.2) is 0 Å². The lowest BCUT2D eigenvalue weighted by Gasteiger charge is -2.13. The zero-order valence-corrected chi connectivity index (χ0v) is 10.9. The van der Waals surface area contributed by atoms with E-state index < -0.39 is 6.10 Å². The van der Waals surface area contributed by atoms with Crippen LogP contribution in [0.3, 0.4) is 0 Å². The Hall–Kier alpha value is -0.770. The lowest BCUT2D eigenvalue weighted by molar-refractivity contribution is 0.220. The van der Waals surface area contributed by atoms with E-state index in [0.717, 1.165) is 20.9 Å². The zero-order valence-electron chi connectivity index (χ0n) is 9.31. The molecule has 16 heavy (non-hydrogen) atoms. The van der Waals surface area contributed by atoms with Crippen LogP contribution < -0.4 is 0 Å². The summed E-state index contributed by atoms with van der Waals surface area (Å²) in [6, 6.07) is 10.1. The molecule has 0 aliphatic heterocycles. The molecule has 0 bridgehead atoms. The molecule has 2 aromatic rings. The van der Waals surface area contributed by atoms with Crippen LogP contribution in [0.4, 0.5) is 0 Å². The van der Waals surface area contributed by atoms with Gasteiger partial charge in [-0.05, 0) is 41.8 Å². The van der Waals surface area contributed by atoms with Crippen molar-refractivity contribution in [1.29, 1.82) is 0 Å². The fourth-order valence-corrected chi connectivity index (χ4v) is 3.26. The van der Waals surface area contributed by atoms with Crippen LogP contribution >= 0.6 is 23.1 Å². The molecule has 0 aliphatic rings. The average Bonchev–Trinajstić information content (AvgIpc) is 2.74. The SMILES string of the molecule is CSc1ccccc1C(O)c1sccc1C. The molecule has 1 aromatic carbocycles. The standard InChI is InChI=1S/C13H14OS2/c1-9-7-8-16-13(9)12(14)10-5-3-4-6-11(10)15-2/h3-8,12,14H,1-2H3. The second-order valence-electron chi connectivity index (χ2n) is 3.61. The monoisotopic (exact) mass is 250 g/mol. The second-order valence-corrected chi connectivity index (χ2v) is 5.41. The minimum absolute atomic E-state index is 0.497. The van der Waals surface area contributed by atoms with Gasteiger partial charge in [-0.2, -0.15) is 0 Å². The van der Waals surface area contributed by atoms with E-state index in [1.54, 1.807) is 23.1 Å². The van der Waals surface area contributed by atoms with Crippen LogP contribution in [0.25, 0.3) is 0 Å². The molecule has 1 aromatic heterocycles. The molecular weight excluding hydrogens is 236 g/mol. The maximum atomic E-state index is 10.4. The largest absolute Gasteiger partial charge is 0.383 e. The molecule has 1 unspecified atom stereocenters. The van der Waals surface area contributed by atoms with Gasteiger partial charge in [0.1, 0.15) is 6.10 Å². The Morgan fingerprint density at radius 3 is 2.62 bits per heavy atom. The highest BCUT2D eigenvalue weighted by molar-refractivity contribution is 7.98. The molecule has 1 N–H and O–H groups in total. The van der Waals surface area contributed by atoms with Crippen LogP contribution in [-0.2, 0) is 0 Å². The van der Waals surface area contributed by atoms with E-state index in [0.29, 0.717) is 0 Å². The zero-order chi connectivity index (χ0) is 11.5. The smallest absolute Gasteiger partial charge is 0.115 e. The van der Waals surface area contributed by atoms with E-state index in [1.165, 1.54) is 0 Å². The summed E-state index contributed by atoms with van der Waals surface area (Å²) >= 11 is 3.28. The van der Waals surface area contributed by atoms with Crippen molar-refractivity contribution in [2.75, 3.05) is 6.26 Å². The van der Waals surface area contributed by atoms with Gasteiger partial charge in [0.05, 0.1) is 0 Å². The first-order valence-electron chi connectivity index (χ1n) is 5.09. The molecule has 84 valence electrons. The Balaban J connectivity index is 2.41. The molecule has 1 heterocycles. The third kappa shape index (κ3) is 2.17. The number of thioether (sulfide) groups is 1. The summed E-state index contributed by atoms with van der Waals surface area (Å²) in [6.07, 6.45) is 1.54. The first-order chi connectivity index (χ1) is 7.74. The first kappa shape index (κ1) is 11.7. The van der Waals surface area contributed by atoms with Crippen molar-refractivity contribution in [2.45, 2.75) is 17.9 Å². The van der Waals surface area contributed by atoms with E-state index in [4.69, 9.17) is 0 Å². The molecule has 0 amide bonds. The number of benzene rings is 1. The van der Waals surface area contributed by atoms with E-state index in [-0.39, 0.29) is 0 Å². The molecule has 3 heteroatoms. The van der Waals surface area contributed by atoms with Gasteiger partial charge in [0.2, 0.25) is 0 Å². The number of thiophene rings is 1. The summed E-state index contributed by atoms with van der Waals surface area (Å²) in [4.78, 5) is 2.18. The molecule has 0 fully saturated rings. The Morgan fingerprint density at radius 1 is 1.25 bits per heavy atom. The maximum absolute atomic E-state index is 10.4. The Bertz CT molecular complexity index is 476. The maximum Gasteiger partial charge on any atom is 0.115 e. The molecule has 0 saturated carbocycles. The summed E-state index contributed by atoms with van der Waals surface area (Å²) in [7, 11) is 0. The summed E-state index contributed by atoms with van der Waals surface area (Å²) in [5, 5.41) is 12.4. The van der Waals surface area contributed by atoms with Gasteiger partial charge in [-0.15, -0.1) is 23.1 Å². The molecule has 0 aliphatic carbocycles. The number of aliphatic hydroxyl groups is 1. The lowest BCUT2D eigenvalue weighted by atomic mass is 10.1. The highest BCUT2D eigenvalue weighted by Crippen LogP contribution is 2.33. The first-order valence-corrected chi connectivity index (χ1v) is 7.19. The fraction of sp³-hybridized carbons (Fsp3) is 0.231. The lowest BCUT2D eigenvalue weighted by Crippen LogP contribution is -2.00. The quantitative estimate of drug-likeness (QED) is 0.835. The van der Waals surface area contributed by atoms with Crippen LogP contribution in [0.15, 0.2) is 40.6 Å². The average molecular weight is 250 g/mol.